The summed E-state index contributed by atoms with van der Waals surface area (Å²) in [5.74, 6) is -0.141. The van der Waals surface area contributed by atoms with E-state index in [1.165, 1.54) is 14.2 Å². The highest BCUT2D eigenvalue weighted by molar-refractivity contribution is 7.17. The molecule has 2 rings (SSSR count). The summed E-state index contributed by atoms with van der Waals surface area (Å²) in [5.41, 5.74) is 0.654. The van der Waals surface area contributed by atoms with Crippen LogP contribution in [0, 0.1) is 0 Å². The van der Waals surface area contributed by atoms with Crippen LogP contribution in [-0.4, -0.2) is 26.3 Å². The van der Waals surface area contributed by atoms with E-state index in [9.17, 15) is 4.79 Å². The van der Waals surface area contributed by atoms with Crippen molar-refractivity contribution in [3.63, 3.8) is 0 Å². The van der Waals surface area contributed by atoms with Crippen LogP contribution in [0.25, 0.3) is 10.1 Å². The van der Waals surface area contributed by atoms with Gasteiger partial charge in [0.25, 0.3) is 0 Å². The van der Waals surface area contributed by atoms with E-state index in [-0.39, 0.29) is 5.78 Å². The van der Waals surface area contributed by atoms with Crippen LogP contribution in [0.2, 0.25) is 0 Å². The predicted octanol–water partition coefficient (Wildman–Crippen LogP) is 2.70. The van der Waals surface area contributed by atoms with Gasteiger partial charge in [0, 0.05) is 24.5 Å². The Morgan fingerprint density at radius 2 is 2.00 bits per heavy atom. The molecule has 1 aromatic heterocycles. The number of thiophene rings is 1. The van der Waals surface area contributed by atoms with Gasteiger partial charge in [0.05, 0.1) is 0 Å². The first-order valence-corrected chi connectivity index (χ1v) is 5.72. The van der Waals surface area contributed by atoms with Crippen molar-refractivity contribution in [1.82, 2.24) is 0 Å². The Kier molecular flexibility index (Phi) is 3.33. The zero-order valence-corrected chi connectivity index (χ0v) is 9.91. The molecule has 0 atom stereocenters. The lowest BCUT2D eigenvalue weighted by Crippen LogP contribution is -2.24. The minimum atomic E-state index is -0.826. The van der Waals surface area contributed by atoms with Gasteiger partial charge in [-0.25, -0.2) is 0 Å². The lowest BCUT2D eigenvalue weighted by atomic mass is 10.1. The zero-order valence-electron chi connectivity index (χ0n) is 9.10. The molecule has 4 heteroatoms. The summed E-state index contributed by atoms with van der Waals surface area (Å²) in [6.07, 6.45) is -0.826. The predicted molar refractivity (Wildman–Crippen MR) is 64.0 cm³/mol. The van der Waals surface area contributed by atoms with Crippen molar-refractivity contribution in [3.05, 3.63) is 35.2 Å². The molecule has 0 spiro atoms. The van der Waals surface area contributed by atoms with E-state index in [1.807, 2.05) is 23.6 Å². The van der Waals surface area contributed by atoms with Crippen molar-refractivity contribution in [2.24, 2.45) is 0 Å². The van der Waals surface area contributed by atoms with Gasteiger partial charge in [0.2, 0.25) is 12.1 Å². The number of carbonyl (C=O) groups excluding carboxylic acids is 1. The Morgan fingerprint density at radius 3 is 2.69 bits per heavy atom. The van der Waals surface area contributed by atoms with Gasteiger partial charge in [0.1, 0.15) is 0 Å². The largest absolute Gasteiger partial charge is 0.349 e. The van der Waals surface area contributed by atoms with Crippen LogP contribution in [0.4, 0.5) is 0 Å². The molecule has 0 saturated carbocycles. The Labute approximate surface area is 97.6 Å². The van der Waals surface area contributed by atoms with Crippen LogP contribution in [0.15, 0.2) is 29.6 Å². The van der Waals surface area contributed by atoms with Crippen LogP contribution < -0.4 is 0 Å². The molecule has 2 aromatic rings. The summed E-state index contributed by atoms with van der Waals surface area (Å²) in [7, 11) is 2.92. The van der Waals surface area contributed by atoms with Gasteiger partial charge in [-0.1, -0.05) is 12.1 Å². The van der Waals surface area contributed by atoms with E-state index in [0.29, 0.717) is 5.56 Å². The second-order valence-corrected chi connectivity index (χ2v) is 4.23. The SMILES string of the molecule is COC(OC)C(=O)c1cccc2ccsc12. The van der Waals surface area contributed by atoms with Crippen molar-refractivity contribution in [2.75, 3.05) is 14.2 Å². The number of rotatable bonds is 4. The number of fused-ring (bicyclic) bond motifs is 1. The summed E-state index contributed by atoms with van der Waals surface area (Å²) in [6, 6.07) is 7.64. The minimum absolute atomic E-state index is 0.141. The Bertz CT molecular complexity index is 500. The molecule has 84 valence electrons. The summed E-state index contributed by atoms with van der Waals surface area (Å²) < 4.78 is 10.9. The molecule has 0 aliphatic heterocycles. The third kappa shape index (κ3) is 1.87. The molecule has 16 heavy (non-hydrogen) atoms. The zero-order chi connectivity index (χ0) is 11.5. The molecule has 0 saturated heterocycles. The van der Waals surface area contributed by atoms with Crippen LogP contribution in [0.5, 0.6) is 0 Å². The first kappa shape index (κ1) is 11.3. The first-order chi connectivity index (χ1) is 7.77. The first-order valence-electron chi connectivity index (χ1n) is 4.84. The van der Waals surface area contributed by atoms with Crippen LogP contribution >= 0.6 is 11.3 Å². The molecule has 0 unspecified atom stereocenters. The lowest BCUT2D eigenvalue weighted by molar-refractivity contribution is -0.0741. The quantitative estimate of drug-likeness (QED) is 0.605. The highest BCUT2D eigenvalue weighted by atomic mass is 32.1. The molecular weight excluding hydrogens is 224 g/mol. The monoisotopic (exact) mass is 236 g/mol. The number of ether oxygens (including phenoxy) is 2. The van der Waals surface area contributed by atoms with Crippen LogP contribution in [0.1, 0.15) is 10.4 Å². The van der Waals surface area contributed by atoms with Gasteiger partial charge < -0.3 is 9.47 Å². The van der Waals surface area contributed by atoms with Gasteiger partial charge in [-0.05, 0) is 22.9 Å². The number of carbonyl (C=O) groups is 1. The summed E-state index contributed by atoms with van der Waals surface area (Å²) in [6.45, 7) is 0. The average Bonchev–Trinajstić information content (AvgIpc) is 2.78. The second kappa shape index (κ2) is 4.74. The van der Waals surface area contributed by atoms with Gasteiger partial charge in [-0.2, -0.15) is 0 Å². The summed E-state index contributed by atoms with van der Waals surface area (Å²) in [4.78, 5) is 12.1. The fraction of sp³-hybridized carbons (Fsp3) is 0.250. The minimum Gasteiger partial charge on any atom is -0.349 e. The molecule has 1 aromatic carbocycles. The third-order valence-corrected chi connectivity index (χ3v) is 3.35. The van der Waals surface area contributed by atoms with Crippen molar-refractivity contribution >= 4 is 27.2 Å². The number of methoxy groups -OCH3 is 2. The second-order valence-electron chi connectivity index (χ2n) is 3.31. The Balaban J connectivity index is 2.46. The Hall–Kier alpha value is -1.23. The maximum Gasteiger partial charge on any atom is 0.222 e. The highest BCUT2D eigenvalue weighted by Gasteiger charge is 2.21. The smallest absolute Gasteiger partial charge is 0.222 e. The molecule has 0 aliphatic carbocycles. The molecular formula is C12H12O3S. The normalized spacial score (nSPS) is 11.2. The molecule has 3 nitrogen and oxygen atoms in total. The number of benzene rings is 1. The average molecular weight is 236 g/mol. The fourth-order valence-electron chi connectivity index (χ4n) is 1.62. The molecule has 0 amide bonds. The van der Waals surface area contributed by atoms with Gasteiger partial charge in [-0.3, -0.25) is 4.79 Å². The van der Waals surface area contributed by atoms with Crippen molar-refractivity contribution < 1.29 is 14.3 Å². The van der Waals surface area contributed by atoms with Crippen molar-refractivity contribution in [1.29, 1.82) is 0 Å². The number of Topliss-reactive ketones (excluding diaryl/α,β-unsaturated/α-hetero) is 1. The molecule has 1 heterocycles. The summed E-state index contributed by atoms with van der Waals surface area (Å²) >= 11 is 1.55. The maximum atomic E-state index is 12.1. The van der Waals surface area contributed by atoms with Gasteiger partial charge in [-0.15, -0.1) is 11.3 Å². The van der Waals surface area contributed by atoms with Crippen LogP contribution in [0.3, 0.4) is 0 Å². The van der Waals surface area contributed by atoms with E-state index >= 15 is 0 Å². The maximum absolute atomic E-state index is 12.1. The number of hydrogen-bond donors (Lipinski definition) is 0. The fourth-order valence-corrected chi connectivity index (χ4v) is 2.54. The van der Waals surface area contributed by atoms with Crippen molar-refractivity contribution in [2.45, 2.75) is 6.29 Å². The van der Waals surface area contributed by atoms with Gasteiger partial charge in [0.15, 0.2) is 0 Å². The number of hydrogen-bond acceptors (Lipinski definition) is 4. The molecule has 0 radical (unpaired) electrons. The van der Waals surface area contributed by atoms with E-state index in [1.54, 1.807) is 17.4 Å². The Morgan fingerprint density at radius 1 is 1.25 bits per heavy atom. The van der Waals surface area contributed by atoms with Crippen molar-refractivity contribution in [3.8, 4) is 0 Å². The highest BCUT2D eigenvalue weighted by Crippen LogP contribution is 2.25. The summed E-state index contributed by atoms with van der Waals surface area (Å²) in [5, 5.41) is 3.04. The number of ketones is 1. The molecule has 0 aliphatic rings. The standard InChI is InChI=1S/C12H12O3S/c1-14-12(15-2)10(13)9-5-3-4-8-6-7-16-11(8)9/h3-7,12H,1-2H3. The van der Waals surface area contributed by atoms with E-state index < -0.39 is 6.29 Å². The third-order valence-electron chi connectivity index (χ3n) is 2.39. The van der Waals surface area contributed by atoms with E-state index in [0.717, 1.165) is 10.1 Å². The van der Waals surface area contributed by atoms with E-state index in [4.69, 9.17) is 9.47 Å². The molecule has 0 fully saturated rings. The van der Waals surface area contributed by atoms with E-state index in [2.05, 4.69) is 0 Å². The van der Waals surface area contributed by atoms with Crippen LogP contribution in [-0.2, 0) is 9.47 Å². The molecule has 0 N–H and O–H groups in total. The molecule has 0 bridgehead atoms. The topological polar surface area (TPSA) is 35.5 Å². The van der Waals surface area contributed by atoms with Gasteiger partial charge >= 0.3 is 0 Å². The lowest BCUT2D eigenvalue weighted by Gasteiger charge is -2.12.